The van der Waals surface area contributed by atoms with Crippen LogP contribution in [0.15, 0.2) is 0 Å². The van der Waals surface area contributed by atoms with Gasteiger partial charge in [0.15, 0.2) is 0 Å². The third-order valence-electron chi connectivity index (χ3n) is 0.928. The van der Waals surface area contributed by atoms with Gasteiger partial charge in [0.1, 0.15) is 0 Å². The van der Waals surface area contributed by atoms with E-state index in [1.807, 2.05) is 13.8 Å². The number of rotatable bonds is 4. The molecule has 4 nitrogen and oxygen atoms in total. The largest absolute Gasteiger partial charge is 0.481 e. The third-order valence-corrected chi connectivity index (χ3v) is 0.928. The summed E-state index contributed by atoms with van der Waals surface area (Å²) in [4.78, 5) is 19.2. The molecule has 13 heavy (non-hydrogen) atoms. The van der Waals surface area contributed by atoms with E-state index in [-0.39, 0.29) is 21.1 Å². The average Bonchev–Trinajstić information content (AvgIpc) is 1.87. The molecule has 0 fully saturated rings. The first-order chi connectivity index (χ1) is 5.54. The van der Waals surface area contributed by atoms with Crippen molar-refractivity contribution in [2.75, 3.05) is 0 Å². The van der Waals surface area contributed by atoms with E-state index in [0.29, 0.717) is 12.8 Å². The quantitative estimate of drug-likeness (QED) is 0.790. The summed E-state index contributed by atoms with van der Waals surface area (Å²) in [5.74, 6) is -1.42. The number of hydrogen-bond donors (Lipinski definition) is 2. The molecule has 0 spiro atoms. The van der Waals surface area contributed by atoms with Crippen LogP contribution in [0.2, 0.25) is 0 Å². The first kappa shape index (κ1) is 18.4. The van der Waals surface area contributed by atoms with Crippen LogP contribution in [-0.2, 0) is 30.7 Å². The van der Waals surface area contributed by atoms with E-state index in [4.69, 9.17) is 10.2 Å². The molecular weight excluding hydrogens is 355 g/mol. The monoisotopic (exact) mass is 371 g/mol. The van der Waals surface area contributed by atoms with Crippen molar-refractivity contribution in [3.63, 3.8) is 0 Å². The summed E-state index contributed by atoms with van der Waals surface area (Å²) in [5.41, 5.74) is 0. The molecule has 0 bridgehead atoms. The normalized spacial score (nSPS) is 7.54. The molecule has 0 aromatic carbocycles. The Kier molecular flexibility index (Phi) is 20.1. The smallest absolute Gasteiger partial charge is 0.303 e. The maximum atomic E-state index is 9.60. The zero-order valence-corrected chi connectivity index (χ0v) is 10.1. The molecule has 0 aromatic heterocycles. The van der Waals surface area contributed by atoms with Gasteiger partial charge in [-0.1, -0.05) is 13.8 Å². The van der Waals surface area contributed by atoms with E-state index in [9.17, 15) is 9.59 Å². The maximum Gasteiger partial charge on any atom is 0.303 e. The molecule has 0 amide bonds. The van der Waals surface area contributed by atoms with Crippen LogP contribution in [0.4, 0.5) is 0 Å². The molecule has 0 unspecified atom stereocenters. The second kappa shape index (κ2) is 14.2. The predicted molar refractivity (Wildman–Crippen MR) is 45.1 cm³/mol. The van der Waals surface area contributed by atoms with Gasteiger partial charge in [-0.3, -0.25) is 9.59 Å². The molecule has 5 heteroatoms. The van der Waals surface area contributed by atoms with Gasteiger partial charge < -0.3 is 10.2 Å². The fraction of sp³-hybridized carbons (Fsp3) is 0.750. The summed E-state index contributed by atoms with van der Waals surface area (Å²) in [5, 5.41) is 15.8. The van der Waals surface area contributed by atoms with E-state index in [0.717, 1.165) is 12.8 Å². The van der Waals surface area contributed by atoms with Crippen LogP contribution in [-0.4, -0.2) is 22.2 Å². The first-order valence-electron chi connectivity index (χ1n) is 3.98. The first-order valence-corrected chi connectivity index (χ1v) is 3.98. The topological polar surface area (TPSA) is 74.6 Å². The molecule has 0 saturated heterocycles. The van der Waals surface area contributed by atoms with E-state index in [1.165, 1.54) is 0 Å². The molecular formula is C8H16O4Pt. The van der Waals surface area contributed by atoms with Gasteiger partial charge in [-0.2, -0.15) is 0 Å². The summed E-state index contributed by atoms with van der Waals surface area (Å²) in [6.45, 7) is 3.68. The molecule has 0 rings (SSSR count). The van der Waals surface area contributed by atoms with Gasteiger partial charge in [-0.05, 0) is 12.8 Å². The minimum absolute atomic E-state index is 0. The average molecular weight is 371 g/mol. The van der Waals surface area contributed by atoms with E-state index in [2.05, 4.69) is 0 Å². The van der Waals surface area contributed by atoms with Crippen molar-refractivity contribution in [3.05, 3.63) is 0 Å². The van der Waals surface area contributed by atoms with Gasteiger partial charge in [-0.15, -0.1) is 0 Å². The van der Waals surface area contributed by atoms with Crippen LogP contribution in [0.25, 0.3) is 0 Å². The van der Waals surface area contributed by atoms with Gasteiger partial charge >= 0.3 is 11.9 Å². The molecule has 82 valence electrons. The molecule has 0 heterocycles. The SMILES string of the molecule is CCCC(=O)O.CCCC(=O)O.[Pt]. The zero-order valence-electron chi connectivity index (χ0n) is 7.86. The van der Waals surface area contributed by atoms with Crippen LogP contribution in [0.3, 0.4) is 0 Å². The Labute approximate surface area is 92.6 Å². The van der Waals surface area contributed by atoms with E-state index < -0.39 is 11.9 Å². The van der Waals surface area contributed by atoms with Gasteiger partial charge in [0, 0.05) is 33.9 Å². The Morgan fingerprint density at radius 2 is 1.15 bits per heavy atom. The van der Waals surface area contributed by atoms with Gasteiger partial charge in [0.25, 0.3) is 0 Å². The van der Waals surface area contributed by atoms with Crippen molar-refractivity contribution in [2.24, 2.45) is 0 Å². The number of aliphatic carboxylic acids is 2. The Hall–Kier alpha value is -0.372. The number of carboxylic acid groups (broad SMARTS) is 2. The van der Waals surface area contributed by atoms with Crippen molar-refractivity contribution >= 4 is 11.9 Å². The fourth-order valence-electron chi connectivity index (χ4n) is 0.428. The number of hydrogen-bond acceptors (Lipinski definition) is 2. The van der Waals surface area contributed by atoms with Crippen molar-refractivity contribution in [1.29, 1.82) is 0 Å². The van der Waals surface area contributed by atoms with Crippen LogP contribution < -0.4 is 0 Å². The van der Waals surface area contributed by atoms with E-state index in [1.54, 1.807) is 0 Å². The van der Waals surface area contributed by atoms with Crippen LogP contribution in [0, 0.1) is 0 Å². The summed E-state index contributed by atoms with van der Waals surface area (Å²) >= 11 is 0. The molecule has 0 aliphatic heterocycles. The molecule has 0 aromatic rings. The molecule has 0 aliphatic rings. The number of carboxylic acids is 2. The standard InChI is InChI=1S/2C4H8O2.Pt/c2*1-2-3-4(5)6;/h2*2-3H2,1H3,(H,5,6);. The van der Waals surface area contributed by atoms with Gasteiger partial charge in [0.05, 0.1) is 0 Å². The summed E-state index contributed by atoms with van der Waals surface area (Å²) < 4.78 is 0. The van der Waals surface area contributed by atoms with Crippen molar-refractivity contribution in [3.8, 4) is 0 Å². The van der Waals surface area contributed by atoms with Gasteiger partial charge in [0.2, 0.25) is 0 Å². The van der Waals surface area contributed by atoms with Crippen LogP contribution in [0.5, 0.6) is 0 Å². The Balaban J connectivity index is -0.000000143. The Bertz CT molecular complexity index is 120. The Morgan fingerprint density at radius 1 is 0.923 bits per heavy atom. The second-order valence-corrected chi connectivity index (χ2v) is 2.29. The van der Waals surface area contributed by atoms with Crippen molar-refractivity contribution < 1.29 is 40.9 Å². The molecule has 0 aliphatic carbocycles. The van der Waals surface area contributed by atoms with Crippen LogP contribution in [0.1, 0.15) is 39.5 Å². The molecule has 2 N–H and O–H groups in total. The zero-order chi connectivity index (χ0) is 9.98. The predicted octanol–water partition coefficient (Wildman–Crippen LogP) is 1.74. The fourth-order valence-corrected chi connectivity index (χ4v) is 0.428. The summed E-state index contributed by atoms with van der Waals surface area (Å²) in [7, 11) is 0. The number of carbonyl (C=O) groups is 2. The summed E-state index contributed by atoms with van der Waals surface area (Å²) in [6.07, 6.45) is 2.05. The molecule has 0 radical (unpaired) electrons. The molecule has 0 saturated carbocycles. The van der Waals surface area contributed by atoms with Crippen molar-refractivity contribution in [1.82, 2.24) is 0 Å². The maximum absolute atomic E-state index is 9.60. The van der Waals surface area contributed by atoms with Gasteiger partial charge in [-0.25, -0.2) is 0 Å². The van der Waals surface area contributed by atoms with E-state index >= 15 is 0 Å². The third kappa shape index (κ3) is 34.0. The van der Waals surface area contributed by atoms with Crippen LogP contribution >= 0.6 is 0 Å². The second-order valence-electron chi connectivity index (χ2n) is 2.29. The minimum Gasteiger partial charge on any atom is -0.481 e. The molecule has 0 atom stereocenters. The Morgan fingerprint density at radius 3 is 1.15 bits per heavy atom. The minimum atomic E-state index is -0.711. The van der Waals surface area contributed by atoms with Crippen molar-refractivity contribution in [2.45, 2.75) is 39.5 Å². The summed E-state index contributed by atoms with van der Waals surface area (Å²) in [6, 6.07) is 0.